The Hall–Kier alpha value is -4.63. The van der Waals surface area contributed by atoms with E-state index in [1.54, 1.807) is 6.33 Å². The maximum absolute atomic E-state index is 5.89. The van der Waals surface area contributed by atoms with Gasteiger partial charge in [-0.3, -0.25) is 9.47 Å². The molecule has 0 spiro atoms. The van der Waals surface area contributed by atoms with Crippen LogP contribution in [0, 0.1) is 13.8 Å². The molecule has 9 heteroatoms. The molecule has 1 fully saturated rings. The summed E-state index contributed by atoms with van der Waals surface area (Å²) in [5.41, 5.74) is 7.57. The Balaban J connectivity index is 1.02. The van der Waals surface area contributed by atoms with Crippen molar-refractivity contribution in [2.24, 2.45) is 0 Å². The molecule has 2 aliphatic rings. The number of anilines is 2. The first kappa shape index (κ1) is 28.2. The van der Waals surface area contributed by atoms with E-state index in [1.807, 2.05) is 36.4 Å². The van der Waals surface area contributed by atoms with Crippen molar-refractivity contribution in [1.82, 2.24) is 24.4 Å². The molecule has 2 aromatic heterocycles. The van der Waals surface area contributed by atoms with Crippen LogP contribution < -0.4 is 19.7 Å². The van der Waals surface area contributed by atoms with Gasteiger partial charge in [0.15, 0.2) is 28.5 Å². The lowest BCUT2D eigenvalue weighted by Gasteiger charge is -2.37. The monoisotopic (exact) mass is 589 g/mol. The highest BCUT2D eigenvalue weighted by Gasteiger charge is 2.21. The van der Waals surface area contributed by atoms with Crippen LogP contribution in [0.1, 0.15) is 24.0 Å². The zero-order valence-corrected chi connectivity index (χ0v) is 25.5. The third-order valence-corrected chi connectivity index (χ3v) is 8.74. The summed E-state index contributed by atoms with van der Waals surface area (Å²) in [6.07, 6.45) is 3.80. The summed E-state index contributed by atoms with van der Waals surface area (Å²) in [5, 5.41) is 3.56. The number of aryl methyl sites for hydroxylation is 1. The van der Waals surface area contributed by atoms with Crippen molar-refractivity contribution in [3.05, 3.63) is 84.2 Å². The van der Waals surface area contributed by atoms with Gasteiger partial charge in [0.05, 0.1) is 5.69 Å². The molecule has 9 nitrogen and oxygen atoms in total. The van der Waals surface area contributed by atoms with Crippen LogP contribution in [0.5, 0.6) is 11.5 Å². The fourth-order valence-electron chi connectivity index (χ4n) is 6.18. The summed E-state index contributed by atoms with van der Waals surface area (Å²) in [6, 6.07) is 22.8. The summed E-state index contributed by atoms with van der Waals surface area (Å²) in [4.78, 5) is 19.5. The lowest BCUT2D eigenvalue weighted by atomic mass is 10.1. The van der Waals surface area contributed by atoms with E-state index in [1.165, 1.54) is 16.8 Å². The van der Waals surface area contributed by atoms with Crippen molar-refractivity contribution in [3.63, 3.8) is 0 Å². The molecule has 0 aliphatic carbocycles. The number of imidazole rings is 1. The lowest BCUT2D eigenvalue weighted by molar-refractivity contribution is 0.171. The minimum Gasteiger partial charge on any atom is -0.486 e. The molecule has 5 aromatic rings. The van der Waals surface area contributed by atoms with Crippen LogP contribution in [0.2, 0.25) is 0 Å². The molecule has 0 atom stereocenters. The van der Waals surface area contributed by atoms with Gasteiger partial charge in [-0.25, -0.2) is 15.0 Å². The molecule has 1 N–H and O–H groups in total. The average Bonchev–Trinajstić information content (AvgIpc) is 3.47. The summed E-state index contributed by atoms with van der Waals surface area (Å²) < 4.78 is 13.7. The molecule has 0 saturated carbocycles. The van der Waals surface area contributed by atoms with E-state index in [2.05, 4.69) is 73.8 Å². The number of aromatic nitrogens is 4. The van der Waals surface area contributed by atoms with E-state index in [-0.39, 0.29) is 0 Å². The number of ether oxygens (including phenoxy) is 2. The Labute approximate surface area is 258 Å². The average molecular weight is 590 g/mol. The van der Waals surface area contributed by atoms with Crippen molar-refractivity contribution < 1.29 is 9.47 Å². The Morgan fingerprint density at radius 2 is 1.64 bits per heavy atom. The first-order valence-electron chi connectivity index (χ1n) is 15.6. The molecule has 226 valence electrons. The van der Waals surface area contributed by atoms with Gasteiger partial charge in [0, 0.05) is 50.0 Å². The number of fused-ring (bicyclic) bond motifs is 2. The Morgan fingerprint density at radius 1 is 0.818 bits per heavy atom. The SMILES string of the molecule is Cc1cccc(N2CCN(CCCCNc3ncnc4c3nc(-c3ccccc3)n4-c3ccc4c(c3)OCCO4)CC2)c1C. The smallest absolute Gasteiger partial charge is 0.170 e. The van der Waals surface area contributed by atoms with Gasteiger partial charge in [-0.15, -0.1) is 0 Å². The Morgan fingerprint density at radius 3 is 2.48 bits per heavy atom. The standard InChI is InChI=1S/C35H39N7O2/c1-25-9-8-12-29(26(25)2)41-19-17-40(18-20-41)16-7-6-15-36-33-32-35(38-24-37-33)42(34(39-32)27-10-4-3-5-11-27)28-13-14-30-31(23-28)44-22-21-43-30/h3-5,8-14,23-24H,6-7,15-22H2,1-2H3,(H,36,37,38). The van der Waals surface area contributed by atoms with Gasteiger partial charge >= 0.3 is 0 Å². The Kier molecular flexibility index (Phi) is 8.02. The van der Waals surface area contributed by atoms with Crippen LogP contribution in [0.15, 0.2) is 73.1 Å². The van der Waals surface area contributed by atoms with E-state index in [9.17, 15) is 0 Å². The molecule has 0 unspecified atom stereocenters. The number of hydrogen-bond donors (Lipinski definition) is 1. The van der Waals surface area contributed by atoms with Crippen molar-refractivity contribution in [1.29, 1.82) is 0 Å². The quantitative estimate of drug-likeness (QED) is 0.214. The fraction of sp³-hybridized carbons (Fsp3) is 0.343. The second-order valence-electron chi connectivity index (χ2n) is 11.5. The first-order valence-corrected chi connectivity index (χ1v) is 15.6. The predicted octanol–water partition coefficient (Wildman–Crippen LogP) is 5.88. The third-order valence-electron chi connectivity index (χ3n) is 8.74. The molecule has 0 bridgehead atoms. The predicted molar refractivity (Wildman–Crippen MR) is 175 cm³/mol. The number of nitrogens with one attached hydrogen (secondary N) is 1. The molecule has 4 heterocycles. The van der Waals surface area contributed by atoms with Crippen LogP contribution in [0.4, 0.5) is 11.5 Å². The molecule has 2 aliphatic heterocycles. The van der Waals surface area contributed by atoms with Crippen molar-refractivity contribution >= 4 is 22.7 Å². The molecule has 0 radical (unpaired) electrons. The first-order chi connectivity index (χ1) is 21.7. The van der Waals surface area contributed by atoms with E-state index >= 15 is 0 Å². The van der Waals surface area contributed by atoms with Gasteiger partial charge in [0.1, 0.15) is 25.4 Å². The second-order valence-corrected chi connectivity index (χ2v) is 11.5. The van der Waals surface area contributed by atoms with Gasteiger partial charge in [0.2, 0.25) is 0 Å². The molecule has 1 saturated heterocycles. The maximum atomic E-state index is 5.89. The van der Waals surface area contributed by atoms with Crippen LogP contribution >= 0.6 is 0 Å². The minimum atomic E-state index is 0.534. The van der Waals surface area contributed by atoms with E-state index in [0.717, 1.165) is 97.7 Å². The molecule has 3 aromatic carbocycles. The number of unbranched alkanes of at least 4 members (excludes halogenated alkanes) is 1. The normalized spacial score (nSPS) is 15.1. The van der Waals surface area contributed by atoms with Crippen LogP contribution in [-0.2, 0) is 0 Å². The molecule has 7 rings (SSSR count). The van der Waals surface area contributed by atoms with E-state index < -0.39 is 0 Å². The highest BCUT2D eigenvalue weighted by molar-refractivity contribution is 5.88. The van der Waals surface area contributed by atoms with Crippen molar-refractivity contribution in [2.45, 2.75) is 26.7 Å². The zero-order valence-electron chi connectivity index (χ0n) is 25.5. The van der Waals surface area contributed by atoms with Crippen LogP contribution in [0.25, 0.3) is 28.2 Å². The minimum absolute atomic E-state index is 0.534. The highest BCUT2D eigenvalue weighted by Crippen LogP contribution is 2.36. The number of rotatable bonds is 9. The largest absolute Gasteiger partial charge is 0.486 e. The van der Waals surface area contributed by atoms with Gasteiger partial charge in [-0.2, -0.15) is 0 Å². The number of hydrogen-bond acceptors (Lipinski definition) is 8. The topological polar surface area (TPSA) is 80.6 Å². The summed E-state index contributed by atoms with van der Waals surface area (Å²) in [7, 11) is 0. The summed E-state index contributed by atoms with van der Waals surface area (Å²) >= 11 is 0. The van der Waals surface area contributed by atoms with Crippen LogP contribution in [-0.4, -0.2) is 76.9 Å². The van der Waals surface area contributed by atoms with E-state index in [4.69, 9.17) is 14.5 Å². The highest BCUT2D eigenvalue weighted by atomic mass is 16.6. The molecule has 0 amide bonds. The number of piperazine rings is 1. The van der Waals surface area contributed by atoms with Crippen molar-refractivity contribution in [2.75, 3.05) is 62.7 Å². The third kappa shape index (κ3) is 5.67. The molecule has 44 heavy (non-hydrogen) atoms. The summed E-state index contributed by atoms with van der Waals surface area (Å²) in [6.45, 7) is 11.8. The van der Waals surface area contributed by atoms with Gasteiger partial charge in [-0.05, 0) is 62.6 Å². The fourth-order valence-corrected chi connectivity index (χ4v) is 6.18. The zero-order chi connectivity index (χ0) is 29.9. The Bertz CT molecular complexity index is 1750. The second kappa shape index (κ2) is 12.5. The van der Waals surface area contributed by atoms with Crippen molar-refractivity contribution in [3.8, 4) is 28.6 Å². The molecular weight excluding hydrogens is 550 g/mol. The van der Waals surface area contributed by atoms with Gasteiger partial charge in [0.25, 0.3) is 0 Å². The van der Waals surface area contributed by atoms with Crippen LogP contribution in [0.3, 0.4) is 0 Å². The maximum Gasteiger partial charge on any atom is 0.170 e. The van der Waals surface area contributed by atoms with Gasteiger partial charge < -0.3 is 19.7 Å². The van der Waals surface area contributed by atoms with Gasteiger partial charge in [-0.1, -0.05) is 42.5 Å². The van der Waals surface area contributed by atoms with E-state index in [0.29, 0.717) is 13.2 Å². The summed E-state index contributed by atoms with van der Waals surface area (Å²) in [5.74, 6) is 3.05. The molecular formula is C35H39N7O2. The number of benzene rings is 3. The lowest BCUT2D eigenvalue weighted by Crippen LogP contribution is -2.46. The number of nitrogens with zero attached hydrogens (tertiary/aromatic N) is 6.